The van der Waals surface area contributed by atoms with Crippen LogP contribution in [-0.4, -0.2) is 34.5 Å². The van der Waals surface area contributed by atoms with E-state index < -0.39 is 6.09 Å². The van der Waals surface area contributed by atoms with E-state index in [1.54, 1.807) is 13.3 Å². The molecule has 30 heavy (non-hydrogen) atoms. The molecule has 2 aromatic carbocycles. The van der Waals surface area contributed by atoms with Crippen molar-refractivity contribution in [2.24, 2.45) is 0 Å². The van der Waals surface area contributed by atoms with Gasteiger partial charge in [-0.3, -0.25) is 0 Å². The van der Waals surface area contributed by atoms with E-state index in [2.05, 4.69) is 19.9 Å². The summed E-state index contributed by atoms with van der Waals surface area (Å²) in [5, 5.41) is 9.73. The molecule has 158 valence electrons. The molecular formula is C24H28N2O4. The summed E-state index contributed by atoms with van der Waals surface area (Å²) < 4.78 is 12.2. The minimum atomic E-state index is -1.04. The van der Waals surface area contributed by atoms with Gasteiger partial charge in [-0.25, -0.2) is 14.3 Å². The second-order valence-corrected chi connectivity index (χ2v) is 7.35. The molecule has 0 fully saturated rings. The van der Waals surface area contributed by atoms with Crippen LogP contribution in [0.3, 0.4) is 0 Å². The number of nitrogens with zero attached hydrogens (tertiary/aromatic N) is 2. The molecule has 3 rings (SSSR count). The van der Waals surface area contributed by atoms with E-state index in [0.717, 1.165) is 16.7 Å². The third-order valence-electron chi connectivity index (χ3n) is 5.40. The Balaban J connectivity index is 1.95. The maximum atomic E-state index is 11.9. The average molecular weight is 408 g/mol. The second kappa shape index (κ2) is 9.03. The zero-order chi connectivity index (χ0) is 21.8. The summed E-state index contributed by atoms with van der Waals surface area (Å²) >= 11 is 0. The van der Waals surface area contributed by atoms with E-state index in [9.17, 15) is 9.90 Å². The monoisotopic (exact) mass is 408 g/mol. The van der Waals surface area contributed by atoms with Gasteiger partial charge in [0.05, 0.1) is 19.4 Å². The zero-order valence-corrected chi connectivity index (χ0v) is 18.1. The summed E-state index contributed by atoms with van der Waals surface area (Å²) in [6.07, 6.45) is 1.06. The molecule has 0 spiro atoms. The molecule has 6 heteroatoms. The quantitative estimate of drug-likeness (QED) is 0.583. The fraction of sp³-hybridized carbons (Fsp3) is 0.333. The molecule has 1 aromatic heterocycles. The van der Waals surface area contributed by atoms with Crippen molar-refractivity contribution in [2.75, 3.05) is 13.7 Å². The summed E-state index contributed by atoms with van der Waals surface area (Å²) in [4.78, 5) is 16.6. The van der Waals surface area contributed by atoms with Crippen LogP contribution in [-0.2, 0) is 6.42 Å². The van der Waals surface area contributed by atoms with E-state index in [1.807, 2.05) is 44.2 Å². The van der Waals surface area contributed by atoms with Gasteiger partial charge in [0.25, 0.3) is 0 Å². The third-order valence-corrected chi connectivity index (χ3v) is 5.40. The number of imidazole rings is 1. The zero-order valence-electron chi connectivity index (χ0n) is 18.1. The van der Waals surface area contributed by atoms with E-state index in [0.29, 0.717) is 36.0 Å². The SMILES string of the molecule is CCOc1ccc(Cc2cn(C(=O)O)c([C@@H](C)c3cccc(C)c3C)n2)cc1OC. The lowest BCUT2D eigenvalue weighted by molar-refractivity contribution is 0.195. The molecule has 0 aliphatic rings. The predicted molar refractivity (Wildman–Crippen MR) is 116 cm³/mol. The Labute approximate surface area is 177 Å². The summed E-state index contributed by atoms with van der Waals surface area (Å²) in [5.41, 5.74) is 5.07. The third kappa shape index (κ3) is 4.32. The molecule has 0 saturated heterocycles. The number of benzene rings is 2. The largest absolute Gasteiger partial charge is 0.493 e. The molecule has 0 unspecified atom stereocenters. The van der Waals surface area contributed by atoms with E-state index >= 15 is 0 Å². The Hall–Kier alpha value is -3.28. The maximum Gasteiger partial charge on any atom is 0.417 e. The highest BCUT2D eigenvalue weighted by Gasteiger charge is 2.22. The minimum absolute atomic E-state index is 0.149. The van der Waals surface area contributed by atoms with Crippen LogP contribution in [0.25, 0.3) is 0 Å². The first-order valence-electron chi connectivity index (χ1n) is 10.0. The molecule has 0 bridgehead atoms. The number of ether oxygens (including phenoxy) is 2. The highest BCUT2D eigenvalue weighted by molar-refractivity contribution is 5.69. The summed E-state index contributed by atoms with van der Waals surface area (Å²) in [7, 11) is 1.60. The molecule has 0 saturated carbocycles. The number of methoxy groups -OCH3 is 1. The highest BCUT2D eigenvalue weighted by atomic mass is 16.5. The lowest BCUT2D eigenvalue weighted by Gasteiger charge is -2.16. The van der Waals surface area contributed by atoms with Crippen molar-refractivity contribution in [3.05, 3.63) is 76.4 Å². The smallest absolute Gasteiger partial charge is 0.417 e. The van der Waals surface area contributed by atoms with Crippen molar-refractivity contribution in [1.82, 2.24) is 9.55 Å². The first-order chi connectivity index (χ1) is 14.3. The molecule has 1 heterocycles. The fourth-order valence-corrected chi connectivity index (χ4v) is 3.68. The Morgan fingerprint density at radius 2 is 1.97 bits per heavy atom. The molecule has 0 aliphatic heterocycles. The van der Waals surface area contributed by atoms with Gasteiger partial charge in [-0.1, -0.05) is 31.2 Å². The first kappa shape index (κ1) is 21.4. The normalized spacial score (nSPS) is 11.9. The van der Waals surface area contributed by atoms with Crippen LogP contribution in [0.2, 0.25) is 0 Å². The van der Waals surface area contributed by atoms with Gasteiger partial charge < -0.3 is 14.6 Å². The van der Waals surface area contributed by atoms with Crippen molar-refractivity contribution in [3.8, 4) is 11.5 Å². The number of hydrogen-bond donors (Lipinski definition) is 1. The Bertz CT molecular complexity index is 1060. The molecule has 0 aliphatic carbocycles. The number of aryl methyl sites for hydroxylation is 1. The highest BCUT2D eigenvalue weighted by Crippen LogP contribution is 2.30. The number of carboxylic acid groups (broad SMARTS) is 1. The Kier molecular flexibility index (Phi) is 6.45. The second-order valence-electron chi connectivity index (χ2n) is 7.35. The van der Waals surface area contributed by atoms with E-state index in [-0.39, 0.29) is 5.92 Å². The van der Waals surface area contributed by atoms with Gasteiger partial charge in [-0.2, -0.15) is 0 Å². The van der Waals surface area contributed by atoms with Crippen LogP contribution >= 0.6 is 0 Å². The van der Waals surface area contributed by atoms with Gasteiger partial charge in [0.2, 0.25) is 0 Å². The molecule has 3 aromatic rings. The maximum absolute atomic E-state index is 11.9. The lowest BCUT2D eigenvalue weighted by atomic mass is 9.93. The van der Waals surface area contributed by atoms with Crippen LogP contribution in [0, 0.1) is 13.8 Å². The Morgan fingerprint density at radius 3 is 2.63 bits per heavy atom. The lowest BCUT2D eigenvalue weighted by Crippen LogP contribution is -2.14. The molecule has 0 radical (unpaired) electrons. The van der Waals surface area contributed by atoms with E-state index in [4.69, 9.17) is 14.5 Å². The molecular weight excluding hydrogens is 380 g/mol. The standard InChI is InChI=1S/C24H28N2O4/c1-6-30-21-11-10-18(13-22(21)29-5)12-19-14-26(24(27)28)23(25-19)17(4)20-9-7-8-15(2)16(20)3/h7-11,13-14,17H,6,12H2,1-5H3,(H,27,28)/t17-/m0/s1. The van der Waals surface area contributed by atoms with Crippen LogP contribution in [0.4, 0.5) is 4.79 Å². The fourth-order valence-electron chi connectivity index (χ4n) is 3.68. The molecule has 6 nitrogen and oxygen atoms in total. The Morgan fingerprint density at radius 1 is 1.20 bits per heavy atom. The van der Waals surface area contributed by atoms with E-state index in [1.165, 1.54) is 10.1 Å². The first-order valence-corrected chi connectivity index (χ1v) is 10.0. The van der Waals surface area contributed by atoms with Gasteiger partial charge in [0.1, 0.15) is 5.82 Å². The average Bonchev–Trinajstić information content (AvgIpc) is 3.15. The van der Waals surface area contributed by atoms with Crippen LogP contribution in [0.1, 0.15) is 53.5 Å². The van der Waals surface area contributed by atoms with Crippen molar-refractivity contribution < 1.29 is 19.4 Å². The van der Waals surface area contributed by atoms with Crippen LogP contribution < -0.4 is 9.47 Å². The summed E-state index contributed by atoms with van der Waals surface area (Å²) in [6.45, 7) is 8.58. The van der Waals surface area contributed by atoms with Gasteiger partial charge >= 0.3 is 6.09 Å². The van der Waals surface area contributed by atoms with Gasteiger partial charge in [0, 0.05) is 18.5 Å². The van der Waals surface area contributed by atoms with Gasteiger partial charge in [0.15, 0.2) is 11.5 Å². The van der Waals surface area contributed by atoms with Crippen LogP contribution in [0.15, 0.2) is 42.6 Å². The van der Waals surface area contributed by atoms with Crippen molar-refractivity contribution in [3.63, 3.8) is 0 Å². The summed E-state index contributed by atoms with van der Waals surface area (Å²) in [6, 6.07) is 11.8. The van der Waals surface area contributed by atoms with Crippen molar-refractivity contribution in [2.45, 2.75) is 40.0 Å². The summed E-state index contributed by atoms with van der Waals surface area (Å²) in [5.74, 6) is 1.70. The van der Waals surface area contributed by atoms with Crippen molar-refractivity contribution in [1.29, 1.82) is 0 Å². The minimum Gasteiger partial charge on any atom is -0.493 e. The molecule has 0 amide bonds. The number of aromatic nitrogens is 2. The number of carbonyl (C=O) groups is 1. The van der Waals surface area contributed by atoms with Crippen molar-refractivity contribution >= 4 is 6.09 Å². The van der Waals surface area contributed by atoms with Gasteiger partial charge in [-0.05, 0) is 55.2 Å². The molecule has 1 atom stereocenters. The number of hydrogen-bond acceptors (Lipinski definition) is 4. The number of rotatable bonds is 7. The van der Waals surface area contributed by atoms with Gasteiger partial charge in [-0.15, -0.1) is 0 Å². The predicted octanol–water partition coefficient (Wildman–Crippen LogP) is 5.18. The molecule has 1 N–H and O–H groups in total. The topological polar surface area (TPSA) is 73.6 Å². The van der Waals surface area contributed by atoms with Crippen LogP contribution in [0.5, 0.6) is 11.5 Å².